The summed E-state index contributed by atoms with van der Waals surface area (Å²) in [7, 11) is 0. The summed E-state index contributed by atoms with van der Waals surface area (Å²) in [6.45, 7) is 0. The zero-order chi connectivity index (χ0) is 15.5. The van der Waals surface area contributed by atoms with Gasteiger partial charge >= 0.3 is 6.03 Å². The van der Waals surface area contributed by atoms with Crippen molar-refractivity contribution in [3.63, 3.8) is 0 Å². The van der Waals surface area contributed by atoms with E-state index in [9.17, 15) is 13.6 Å². The average molecular weight is 299 g/mol. The number of amides is 2. The molecule has 3 rings (SSSR count). The Morgan fingerprint density at radius 3 is 2.36 bits per heavy atom. The topological polar surface area (TPSA) is 54.0 Å². The first-order valence-electron chi connectivity index (χ1n) is 6.51. The van der Waals surface area contributed by atoms with Gasteiger partial charge in [-0.25, -0.2) is 13.6 Å². The number of hydrogen-bond donors (Lipinski definition) is 2. The molecular weight excluding hydrogens is 288 g/mol. The van der Waals surface area contributed by atoms with Crippen molar-refractivity contribution in [2.45, 2.75) is 0 Å². The van der Waals surface area contributed by atoms with E-state index in [-0.39, 0.29) is 0 Å². The molecule has 0 aliphatic carbocycles. The van der Waals surface area contributed by atoms with E-state index in [1.807, 2.05) is 12.1 Å². The van der Waals surface area contributed by atoms with Crippen molar-refractivity contribution in [1.82, 2.24) is 4.98 Å². The van der Waals surface area contributed by atoms with Crippen LogP contribution in [0, 0.1) is 11.6 Å². The first-order chi connectivity index (χ1) is 10.6. The number of nitrogens with one attached hydrogen (secondary N) is 2. The molecule has 4 nitrogen and oxygen atoms in total. The Labute approximate surface area is 124 Å². The Kier molecular flexibility index (Phi) is 3.65. The number of halogens is 2. The number of rotatable bonds is 2. The maximum Gasteiger partial charge on any atom is 0.323 e. The quantitative estimate of drug-likeness (QED) is 0.746. The zero-order valence-electron chi connectivity index (χ0n) is 11.3. The Balaban J connectivity index is 1.85. The zero-order valence-corrected chi connectivity index (χ0v) is 11.3. The van der Waals surface area contributed by atoms with Gasteiger partial charge in [0, 0.05) is 11.6 Å². The van der Waals surface area contributed by atoms with Crippen molar-refractivity contribution < 1.29 is 13.6 Å². The molecule has 0 atom stereocenters. The lowest BCUT2D eigenvalue weighted by Crippen LogP contribution is -2.21. The molecule has 0 radical (unpaired) electrons. The number of fused-ring (bicyclic) bond motifs is 1. The minimum absolute atomic E-state index is 0.451. The third-order valence-corrected chi connectivity index (χ3v) is 3.08. The molecule has 0 bridgehead atoms. The van der Waals surface area contributed by atoms with Gasteiger partial charge in [0.05, 0.1) is 11.2 Å². The molecule has 6 heteroatoms. The van der Waals surface area contributed by atoms with Crippen LogP contribution in [0.15, 0.2) is 54.7 Å². The molecule has 0 fully saturated rings. The van der Waals surface area contributed by atoms with Crippen LogP contribution in [-0.4, -0.2) is 11.0 Å². The number of carbonyl (C=O) groups excluding carboxylic acids is 1. The fourth-order valence-corrected chi connectivity index (χ4v) is 2.09. The van der Waals surface area contributed by atoms with E-state index in [1.54, 1.807) is 24.4 Å². The molecular formula is C16H11F2N3O. The number of carbonyl (C=O) groups is 1. The highest BCUT2D eigenvalue weighted by molar-refractivity contribution is 6.05. The lowest BCUT2D eigenvalue weighted by molar-refractivity contribution is 0.262. The van der Waals surface area contributed by atoms with Gasteiger partial charge in [-0.05, 0) is 24.3 Å². The standard InChI is InChI=1S/C16H11F2N3O/c17-11-6-2-7-12(18)15(11)21-16(22)20-13-8-1-4-10-5-3-9-19-14(10)13/h1-9H,(H2,20,21,22). The Morgan fingerprint density at radius 1 is 0.909 bits per heavy atom. The van der Waals surface area contributed by atoms with Gasteiger partial charge in [-0.3, -0.25) is 4.98 Å². The van der Waals surface area contributed by atoms with E-state index in [4.69, 9.17) is 0 Å². The van der Waals surface area contributed by atoms with E-state index in [2.05, 4.69) is 15.6 Å². The minimum Gasteiger partial charge on any atom is -0.306 e. The normalized spacial score (nSPS) is 10.5. The number of pyridine rings is 1. The second-order valence-corrected chi connectivity index (χ2v) is 4.56. The third kappa shape index (κ3) is 2.71. The van der Waals surface area contributed by atoms with Gasteiger partial charge in [0.2, 0.25) is 0 Å². The van der Waals surface area contributed by atoms with Crippen LogP contribution in [0.4, 0.5) is 25.0 Å². The van der Waals surface area contributed by atoms with Crippen molar-refractivity contribution in [3.05, 3.63) is 66.4 Å². The van der Waals surface area contributed by atoms with E-state index in [1.165, 1.54) is 6.07 Å². The average Bonchev–Trinajstić information content (AvgIpc) is 2.51. The summed E-state index contributed by atoms with van der Waals surface area (Å²) in [5.74, 6) is -1.68. The largest absolute Gasteiger partial charge is 0.323 e. The first kappa shape index (κ1) is 13.9. The van der Waals surface area contributed by atoms with E-state index in [0.717, 1.165) is 17.5 Å². The van der Waals surface area contributed by atoms with Crippen molar-refractivity contribution in [2.75, 3.05) is 10.6 Å². The summed E-state index contributed by atoms with van der Waals surface area (Å²) < 4.78 is 27.0. The molecule has 0 unspecified atom stereocenters. The van der Waals surface area contributed by atoms with Gasteiger partial charge in [0.25, 0.3) is 0 Å². The molecule has 0 saturated carbocycles. The first-order valence-corrected chi connectivity index (χ1v) is 6.51. The molecule has 1 aromatic heterocycles. The molecule has 110 valence electrons. The van der Waals surface area contributed by atoms with Crippen LogP contribution in [0.3, 0.4) is 0 Å². The summed E-state index contributed by atoms with van der Waals surface area (Å²) in [5, 5.41) is 5.55. The third-order valence-electron chi connectivity index (χ3n) is 3.08. The minimum atomic E-state index is -0.841. The van der Waals surface area contributed by atoms with E-state index < -0.39 is 23.4 Å². The van der Waals surface area contributed by atoms with Crippen molar-refractivity contribution in [3.8, 4) is 0 Å². The van der Waals surface area contributed by atoms with E-state index in [0.29, 0.717) is 11.2 Å². The van der Waals surface area contributed by atoms with Crippen LogP contribution >= 0.6 is 0 Å². The van der Waals surface area contributed by atoms with Gasteiger partial charge in [-0.2, -0.15) is 0 Å². The summed E-state index contributed by atoms with van der Waals surface area (Å²) in [5.41, 5.74) is 0.551. The maximum atomic E-state index is 13.5. The Morgan fingerprint density at radius 2 is 1.59 bits per heavy atom. The van der Waals surface area contributed by atoms with Crippen LogP contribution in [0.1, 0.15) is 0 Å². The van der Waals surface area contributed by atoms with Gasteiger partial charge < -0.3 is 10.6 Å². The molecule has 22 heavy (non-hydrogen) atoms. The van der Waals surface area contributed by atoms with Crippen molar-refractivity contribution in [2.24, 2.45) is 0 Å². The van der Waals surface area contributed by atoms with E-state index >= 15 is 0 Å². The summed E-state index contributed by atoms with van der Waals surface area (Å²) in [6, 6.07) is 11.5. The van der Waals surface area contributed by atoms with Gasteiger partial charge in [-0.15, -0.1) is 0 Å². The molecule has 0 aliphatic heterocycles. The van der Waals surface area contributed by atoms with Crippen LogP contribution in [0.25, 0.3) is 10.9 Å². The fourth-order valence-electron chi connectivity index (χ4n) is 2.09. The Hall–Kier alpha value is -3.02. The van der Waals surface area contributed by atoms with Crippen LogP contribution < -0.4 is 10.6 Å². The number of hydrogen-bond acceptors (Lipinski definition) is 2. The predicted molar refractivity (Wildman–Crippen MR) is 80.7 cm³/mol. The molecule has 1 heterocycles. The summed E-state index contributed by atoms with van der Waals surface area (Å²) in [4.78, 5) is 16.1. The van der Waals surface area contributed by atoms with Crippen LogP contribution in [0.2, 0.25) is 0 Å². The molecule has 2 aromatic carbocycles. The predicted octanol–water partition coefficient (Wildman–Crippen LogP) is 4.16. The number of aromatic nitrogens is 1. The molecule has 0 aliphatic rings. The maximum absolute atomic E-state index is 13.5. The van der Waals surface area contributed by atoms with Crippen molar-refractivity contribution in [1.29, 1.82) is 0 Å². The molecule has 2 amide bonds. The summed E-state index contributed by atoms with van der Waals surface area (Å²) in [6.07, 6.45) is 1.60. The number of nitrogens with zero attached hydrogens (tertiary/aromatic N) is 1. The highest BCUT2D eigenvalue weighted by Gasteiger charge is 2.12. The second kappa shape index (κ2) is 5.77. The fraction of sp³-hybridized carbons (Fsp3) is 0. The smallest absolute Gasteiger partial charge is 0.306 e. The van der Waals surface area contributed by atoms with Crippen LogP contribution in [0.5, 0.6) is 0 Å². The van der Waals surface area contributed by atoms with Crippen molar-refractivity contribution >= 4 is 28.3 Å². The van der Waals surface area contributed by atoms with Gasteiger partial charge in [-0.1, -0.05) is 24.3 Å². The molecule has 3 aromatic rings. The molecule has 2 N–H and O–H groups in total. The lowest BCUT2D eigenvalue weighted by Gasteiger charge is -2.10. The SMILES string of the molecule is O=C(Nc1c(F)cccc1F)Nc1cccc2cccnc12. The molecule has 0 saturated heterocycles. The van der Waals surface area contributed by atoms with Gasteiger partial charge in [0.15, 0.2) is 0 Å². The van der Waals surface area contributed by atoms with Crippen LogP contribution in [-0.2, 0) is 0 Å². The number of para-hydroxylation sites is 2. The summed E-state index contributed by atoms with van der Waals surface area (Å²) >= 11 is 0. The highest BCUT2D eigenvalue weighted by Crippen LogP contribution is 2.22. The highest BCUT2D eigenvalue weighted by atomic mass is 19.1. The monoisotopic (exact) mass is 299 g/mol. The number of anilines is 2. The number of urea groups is 1. The molecule has 0 spiro atoms. The van der Waals surface area contributed by atoms with Gasteiger partial charge in [0.1, 0.15) is 17.3 Å². The number of benzene rings is 2. The second-order valence-electron chi connectivity index (χ2n) is 4.56. The lowest BCUT2D eigenvalue weighted by atomic mass is 10.2. The Bertz CT molecular complexity index is 826.